The predicted octanol–water partition coefficient (Wildman–Crippen LogP) is 2.67. The first-order chi connectivity index (χ1) is 15.0. The number of carbonyl (C=O) groups is 1. The molecule has 0 saturated heterocycles. The minimum atomic E-state index is -0.529. The van der Waals surface area contributed by atoms with Crippen molar-refractivity contribution in [2.75, 3.05) is 21.9 Å². The van der Waals surface area contributed by atoms with Crippen LogP contribution in [0, 0.1) is 11.1 Å². The molecule has 1 saturated carbocycles. The first-order valence-electron chi connectivity index (χ1n) is 11.0. The average molecular weight is 423 g/mol. The largest absolute Gasteiger partial charge is 0.758 e. The maximum absolute atomic E-state index is 12.9. The number of nitrogens with two attached hydrogens (primary N) is 1. The van der Waals surface area contributed by atoms with Gasteiger partial charge < -0.3 is 21.3 Å². The van der Waals surface area contributed by atoms with Crippen LogP contribution in [-0.4, -0.2) is 34.5 Å². The number of hydrogen-bond acceptors (Lipinski definition) is 7. The van der Waals surface area contributed by atoms with E-state index in [0.29, 0.717) is 24.5 Å². The molecule has 3 N–H and O–H groups in total. The fraction of sp³-hybridized carbons (Fsp3) is 0.500. The molecule has 0 spiro atoms. The number of aromatic nitrogens is 2. The second-order valence-electron chi connectivity index (χ2n) is 8.84. The second kappa shape index (κ2) is 7.97. The van der Waals surface area contributed by atoms with Crippen LogP contribution in [0.5, 0.6) is 0 Å². The lowest BCUT2D eigenvalue weighted by Crippen LogP contribution is -2.42. The number of hydrazone groups is 1. The highest BCUT2D eigenvalue weighted by Crippen LogP contribution is 2.42. The van der Waals surface area contributed by atoms with Crippen LogP contribution in [-0.2, 0) is 18.4 Å². The Hall–Kier alpha value is -2.91. The Morgan fingerprint density at radius 1 is 1.29 bits per heavy atom. The molecule has 2 aliphatic heterocycles. The number of amides is 1. The van der Waals surface area contributed by atoms with Gasteiger partial charge in [-0.15, -0.1) is 0 Å². The number of hydrogen-bond donors (Lipinski definition) is 2. The molecular formula is C22H28N7O2-. The van der Waals surface area contributed by atoms with Gasteiger partial charge >= 0.3 is 0 Å². The highest BCUT2D eigenvalue weighted by atomic mass is 16.5. The van der Waals surface area contributed by atoms with Crippen LogP contribution in [0.1, 0.15) is 49.1 Å². The summed E-state index contributed by atoms with van der Waals surface area (Å²) in [7, 11) is 1.86. The molecule has 0 radical (unpaired) electrons. The molecule has 3 aliphatic rings. The molecule has 1 aliphatic carbocycles. The van der Waals surface area contributed by atoms with Gasteiger partial charge in [-0.3, -0.25) is 14.5 Å². The van der Waals surface area contributed by atoms with Gasteiger partial charge in [0.1, 0.15) is 0 Å². The summed E-state index contributed by atoms with van der Waals surface area (Å²) in [6.07, 6.45) is 11.0. The maximum Gasteiger partial charge on any atom is 0.241 e. The van der Waals surface area contributed by atoms with Crippen molar-refractivity contribution in [1.82, 2.24) is 9.78 Å². The zero-order chi connectivity index (χ0) is 21.5. The molecule has 1 fully saturated rings. The highest BCUT2D eigenvalue weighted by molar-refractivity contribution is 5.96. The number of carbonyl (C=O) groups excluding carboxylic acids is 1. The molecule has 1 aromatic heterocycles. The van der Waals surface area contributed by atoms with Crippen molar-refractivity contribution in [3.8, 4) is 0 Å². The molecule has 9 nitrogen and oxygen atoms in total. The fourth-order valence-electron chi connectivity index (χ4n) is 5.02. The minimum Gasteiger partial charge on any atom is -0.758 e. The van der Waals surface area contributed by atoms with Crippen molar-refractivity contribution in [3.63, 3.8) is 0 Å². The summed E-state index contributed by atoms with van der Waals surface area (Å²) < 4.78 is 1.73. The smallest absolute Gasteiger partial charge is 0.241 e. The van der Waals surface area contributed by atoms with E-state index in [4.69, 9.17) is 5.73 Å². The lowest BCUT2D eigenvalue weighted by atomic mass is 9.84. The molecule has 2 aromatic rings. The molecule has 5 rings (SSSR count). The second-order valence-corrected chi connectivity index (χ2v) is 8.84. The molecule has 2 unspecified atom stereocenters. The van der Waals surface area contributed by atoms with E-state index in [1.165, 1.54) is 6.42 Å². The normalized spacial score (nSPS) is 21.7. The lowest BCUT2D eigenvalue weighted by molar-refractivity contribution is -0.118. The van der Waals surface area contributed by atoms with E-state index in [9.17, 15) is 10.0 Å². The van der Waals surface area contributed by atoms with Gasteiger partial charge in [-0.05, 0) is 42.0 Å². The Morgan fingerprint density at radius 3 is 2.84 bits per heavy atom. The van der Waals surface area contributed by atoms with Gasteiger partial charge in [-0.1, -0.05) is 19.3 Å². The van der Waals surface area contributed by atoms with Crippen molar-refractivity contribution < 1.29 is 4.79 Å². The van der Waals surface area contributed by atoms with E-state index in [0.717, 1.165) is 47.6 Å². The van der Waals surface area contributed by atoms with Crippen molar-refractivity contribution >= 4 is 29.2 Å². The van der Waals surface area contributed by atoms with E-state index >= 15 is 0 Å². The molecule has 0 bridgehead atoms. The lowest BCUT2D eigenvalue weighted by Gasteiger charge is -2.28. The Labute approximate surface area is 181 Å². The predicted molar refractivity (Wildman–Crippen MR) is 121 cm³/mol. The summed E-state index contributed by atoms with van der Waals surface area (Å²) in [6, 6.07) is 3.19. The number of hydroxylamine groups is 1. The maximum atomic E-state index is 12.9. The SMILES string of the molecule is Cn1cc(N2Cc3cc(NC(=O)C(N)C4CCCCC4)cc4c3C(C=N2)CN4[O-])cn1. The van der Waals surface area contributed by atoms with Gasteiger partial charge in [0.15, 0.2) is 0 Å². The zero-order valence-corrected chi connectivity index (χ0v) is 17.7. The van der Waals surface area contributed by atoms with Crippen LogP contribution in [0.15, 0.2) is 29.6 Å². The summed E-state index contributed by atoms with van der Waals surface area (Å²) in [4.78, 5) is 12.9. The monoisotopic (exact) mass is 422 g/mol. The summed E-state index contributed by atoms with van der Waals surface area (Å²) in [5.41, 5.74) is 10.3. The van der Waals surface area contributed by atoms with E-state index in [1.54, 1.807) is 16.9 Å². The number of anilines is 3. The van der Waals surface area contributed by atoms with E-state index < -0.39 is 6.04 Å². The van der Waals surface area contributed by atoms with Crippen LogP contribution in [0.2, 0.25) is 0 Å². The number of nitrogens with one attached hydrogen (secondary N) is 1. The Morgan fingerprint density at radius 2 is 2.10 bits per heavy atom. The van der Waals surface area contributed by atoms with Crippen LogP contribution >= 0.6 is 0 Å². The number of nitrogens with zero attached hydrogens (tertiary/aromatic N) is 5. The molecule has 31 heavy (non-hydrogen) atoms. The summed E-state index contributed by atoms with van der Waals surface area (Å²) in [5.74, 6) is -0.0296. The number of rotatable bonds is 4. The fourth-order valence-corrected chi connectivity index (χ4v) is 5.02. The molecule has 9 heteroatoms. The summed E-state index contributed by atoms with van der Waals surface area (Å²) >= 11 is 0. The summed E-state index contributed by atoms with van der Waals surface area (Å²) in [5, 5.41) is 27.3. The van der Waals surface area contributed by atoms with Gasteiger partial charge in [0.2, 0.25) is 5.91 Å². The third-order valence-electron chi connectivity index (χ3n) is 6.67. The van der Waals surface area contributed by atoms with Crippen LogP contribution < -0.4 is 21.1 Å². The van der Waals surface area contributed by atoms with E-state index in [2.05, 4.69) is 15.5 Å². The molecule has 1 amide bonds. The zero-order valence-electron chi connectivity index (χ0n) is 17.7. The molecule has 3 heterocycles. The van der Waals surface area contributed by atoms with E-state index in [1.807, 2.05) is 30.5 Å². The standard InChI is InChI=1S/C22H28N7O2/c1-27-13-18(10-24-27)28-11-15-7-17(8-19-20(15)16(9-25-28)12-29(19)31)26-22(30)21(23)14-5-3-2-4-6-14/h7-10,13-14,16,21H,2-6,11-12,23H2,1H3,(H,26,30)/q-1. The summed E-state index contributed by atoms with van der Waals surface area (Å²) in [6.45, 7) is 0.818. The Balaban J connectivity index is 1.42. The molecule has 164 valence electrons. The van der Waals surface area contributed by atoms with Crippen molar-refractivity contribution in [1.29, 1.82) is 0 Å². The third-order valence-corrected chi connectivity index (χ3v) is 6.67. The van der Waals surface area contributed by atoms with Crippen molar-refractivity contribution in [3.05, 3.63) is 40.9 Å². The van der Waals surface area contributed by atoms with Gasteiger partial charge in [-0.2, -0.15) is 10.2 Å². The van der Waals surface area contributed by atoms with Crippen molar-refractivity contribution in [2.24, 2.45) is 23.8 Å². The van der Waals surface area contributed by atoms with Crippen LogP contribution in [0.25, 0.3) is 0 Å². The van der Waals surface area contributed by atoms with Gasteiger partial charge in [0, 0.05) is 43.3 Å². The molecular weight excluding hydrogens is 394 g/mol. The first-order valence-corrected chi connectivity index (χ1v) is 11.0. The molecule has 2 atom stereocenters. The average Bonchev–Trinajstić information content (AvgIpc) is 3.28. The first kappa shape index (κ1) is 20.0. The number of aryl methyl sites for hydroxylation is 1. The van der Waals surface area contributed by atoms with E-state index in [-0.39, 0.29) is 17.7 Å². The number of benzene rings is 1. The minimum absolute atomic E-state index is 0.0709. The highest BCUT2D eigenvalue weighted by Gasteiger charge is 2.31. The molecule has 1 aromatic carbocycles. The van der Waals surface area contributed by atoms with Gasteiger partial charge in [0.25, 0.3) is 0 Å². The quantitative estimate of drug-likeness (QED) is 0.783. The van der Waals surface area contributed by atoms with Crippen molar-refractivity contribution in [2.45, 2.75) is 50.6 Å². The van der Waals surface area contributed by atoms with Gasteiger partial charge in [0.05, 0.1) is 24.5 Å². The Kier molecular flexibility index (Phi) is 5.15. The van der Waals surface area contributed by atoms with Crippen LogP contribution in [0.4, 0.5) is 17.1 Å². The van der Waals surface area contributed by atoms with Gasteiger partial charge in [-0.25, -0.2) is 0 Å². The van der Waals surface area contributed by atoms with Crippen LogP contribution in [0.3, 0.4) is 0 Å². The topological polar surface area (TPSA) is 115 Å². The third kappa shape index (κ3) is 3.79. The Bertz CT molecular complexity index is 1010.